The SMILES string of the molecule is CC1(C(=O)N2CCCCCC2C(=O)O)CCCCC1. The van der Waals surface area contributed by atoms with Crippen LogP contribution in [0.4, 0.5) is 0 Å². The molecule has 0 aromatic heterocycles. The molecule has 1 saturated heterocycles. The lowest BCUT2D eigenvalue weighted by Gasteiger charge is -2.38. The molecule has 19 heavy (non-hydrogen) atoms. The summed E-state index contributed by atoms with van der Waals surface area (Å²) < 4.78 is 0. The number of nitrogens with zero attached hydrogens (tertiary/aromatic N) is 1. The zero-order valence-electron chi connectivity index (χ0n) is 11.9. The lowest BCUT2D eigenvalue weighted by Crippen LogP contribution is -2.51. The number of carboxylic acids is 1. The van der Waals surface area contributed by atoms with Crippen LogP contribution in [0.3, 0.4) is 0 Å². The first-order valence-electron chi connectivity index (χ1n) is 7.58. The van der Waals surface area contributed by atoms with Crippen molar-refractivity contribution in [2.45, 2.75) is 70.8 Å². The van der Waals surface area contributed by atoms with Gasteiger partial charge in [-0.05, 0) is 25.7 Å². The Balaban J connectivity index is 2.15. The van der Waals surface area contributed by atoms with Crippen LogP contribution in [-0.2, 0) is 9.59 Å². The van der Waals surface area contributed by atoms with Gasteiger partial charge in [0.25, 0.3) is 0 Å². The molecule has 1 aliphatic carbocycles. The summed E-state index contributed by atoms with van der Waals surface area (Å²) in [6, 6.07) is -0.603. The number of aliphatic carboxylic acids is 1. The van der Waals surface area contributed by atoms with Crippen molar-refractivity contribution in [3.8, 4) is 0 Å². The molecule has 0 aromatic carbocycles. The second kappa shape index (κ2) is 5.93. The van der Waals surface area contributed by atoms with Gasteiger partial charge >= 0.3 is 5.97 Å². The highest BCUT2D eigenvalue weighted by Crippen LogP contribution is 2.38. The minimum absolute atomic E-state index is 0.0847. The average molecular weight is 267 g/mol. The number of likely N-dealkylation sites (tertiary alicyclic amines) is 1. The van der Waals surface area contributed by atoms with Crippen molar-refractivity contribution in [2.75, 3.05) is 6.54 Å². The third kappa shape index (κ3) is 3.10. The molecule has 1 atom stereocenters. The second-order valence-corrected chi connectivity index (χ2v) is 6.32. The van der Waals surface area contributed by atoms with Crippen LogP contribution in [0.5, 0.6) is 0 Å². The van der Waals surface area contributed by atoms with Crippen LogP contribution in [0, 0.1) is 5.41 Å². The van der Waals surface area contributed by atoms with Gasteiger partial charge in [-0.3, -0.25) is 4.79 Å². The van der Waals surface area contributed by atoms with E-state index in [9.17, 15) is 14.7 Å². The number of carbonyl (C=O) groups excluding carboxylic acids is 1. The molecule has 2 aliphatic rings. The summed E-state index contributed by atoms with van der Waals surface area (Å²) in [7, 11) is 0. The lowest BCUT2D eigenvalue weighted by molar-refractivity contribution is -0.156. The maximum Gasteiger partial charge on any atom is 0.326 e. The number of carbonyl (C=O) groups is 2. The number of rotatable bonds is 2. The highest BCUT2D eigenvalue weighted by atomic mass is 16.4. The first-order chi connectivity index (χ1) is 9.04. The first-order valence-corrected chi connectivity index (χ1v) is 7.58. The van der Waals surface area contributed by atoms with Gasteiger partial charge in [-0.25, -0.2) is 4.79 Å². The van der Waals surface area contributed by atoms with Gasteiger partial charge in [-0.15, -0.1) is 0 Å². The Labute approximate surface area is 115 Å². The van der Waals surface area contributed by atoms with Gasteiger partial charge < -0.3 is 10.0 Å². The predicted molar refractivity (Wildman–Crippen MR) is 72.8 cm³/mol. The van der Waals surface area contributed by atoms with Crippen molar-refractivity contribution >= 4 is 11.9 Å². The monoisotopic (exact) mass is 267 g/mol. The highest BCUT2D eigenvalue weighted by Gasteiger charge is 2.41. The molecule has 1 unspecified atom stereocenters. The van der Waals surface area contributed by atoms with Gasteiger partial charge in [0.1, 0.15) is 6.04 Å². The topological polar surface area (TPSA) is 57.6 Å². The van der Waals surface area contributed by atoms with E-state index in [1.165, 1.54) is 6.42 Å². The van der Waals surface area contributed by atoms with E-state index in [0.29, 0.717) is 13.0 Å². The van der Waals surface area contributed by atoms with Crippen molar-refractivity contribution in [3.63, 3.8) is 0 Å². The normalized spacial score (nSPS) is 27.6. The molecule has 0 radical (unpaired) electrons. The molecule has 4 heteroatoms. The molecule has 4 nitrogen and oxygen atoms in total. The van der Waals surface area contributed by atoms with E-state index in [1.54, 1.807) is 4.90 Å². The van der Waals surface area contributed by atoms with Gasteiger partial charge in [0.2, 0.25) is 5.91 Å². The summed E-state index contributed by atoms with van der Waals surface area (Å²) in [4.78, 5) is 25.9. The molecule has 1 saturated carbocycles. The molecule has 1 heterocycles. The molecule has 1 N–H and O–H groups in total. The Morgan fingerprint density at radius 2 is 1.68 bits per heavy atom. The van der Waals surface area contributed by atoms with E-state index in [0.717, 1.165) is 44.9 Å². The van der Waals surface area contributed by atoms with E-state index < -0.39 is 12.0 Å². The van der Waals surface area contributed by atoms with E-state index in [1.807, 2.05) is 6.92 Å². The summed E-state index contributed by atoms with van der Waals surface area (Å²) in [5.74, 6) is -0.754. The van der Waals surface area contributed by atoms with E-state index in [2.05, 4.69) is 0 Å². The van der Waals surface area contributed by atoms with Crippen molar-refractivity contribution in [1.29, 1.82) is 0 Å². The highest BCUT2D eigenvalue weighted by molar-refractivity contribution is 5.87. The van der Waals surface area contributed by atoms with Crippen LogP contribution in [0.15, 0.2) is 0 Å². The Kier molecular flexibility index (Phi) is 4.48. The van der Waals surface area contributed by atoms with Crippen LogP contribution in [0.1, 0.15) is 64.7 Å². The number of amides is 1. The molecule has 0 spiro atoms. The largest absolute Gasteiger partial charge is 0.480 e. The van der Waals surface area contributed by atoms with Gasteiger partial charge in [-0.1, -0.05) is 39.0 Å². The maximum atomic E-state index is 12.8. The van der Waals surface area contributed by atoms with Gasteiger partial charge in [0.05, 0.1) is 0 Å². The molecule has 0 aromatic rings. The Bertz CT molecular complexity index is 347. The smallest absolute Gasteiger partial charge is 0.326 e. The molecule has 2 fully saturated rings. The quantitative estimate of drug-likeness (QED) is 0.837. The summed E-state index contributed by atoms with van der Waals surface area (Å²) in [5, 5.41) is 9.37. The minimum Gasteiger partial charge on any atom is -0.480 e. The zero-order chi connectivity index (χ0) is 13.9. The van der Waals surface area contributed by atoms with E-state index in [-0.39, 0.29) is 11.3 Å². The van der Waals surface area contributed by atoms with Crippen molar-refractivity contribution < 1.29 is 14.7 Å². The number of carboxylic acid groups (broad SMARTS) is 1. The standard InChI is InChI=1S/C15H25NO3/c1-15(9-5-3-6-10-15)14(19)16-11-7-2-4-8-12(16)13(17)18/h12H,2-11H2,1H3,(H,17,18). The van der Waals surface area contributed by atoms with Crippen LogP contribution < -0.4 is 0 Å². The summed E-state index contributed by atoms with van der Waals surface area (Å²) >= 11 is 0. The van der Waals surface area contributed by atoms with Crippen molar-refractivity contribution in [2.24, 2.45) is 5.41 Å². The first kappa shape index (κ1) is 14.4. The molecule has 1 aliphatic heterocycles. The fraction of sp³-hybridized carbons (Fsp3) is 0.867. The molecule has 2 rings (SSSR count). The van der Waals surface area contributed by atoms with E-state index in [4.69, 9.17) is 0 Å². The molecular weight excluding hydrogens is 242 g/mol. The second-order valence-electron chi connectivity index (χ2n) is 6.32. The molecule has 0 bridgehead atoms. The van der Waals surface area contributed by atoms with Gasteiger partial charge in [0, 0.05) is 12.0 Å². The lowest BCUT2D eigenvalue weighted by atomic mass is 9.74. The van der Waals surface area contributed by atoms with Crippen LogP contribution in [0.2, 0.25) is 0 Å². The predicted octanol–water partition coefficient (Wildman–Crippen LogP) is 2.81. The fourth-order valence-corrected chi connectivity index (χ4v) is 3.50. The maximum absolute atomic E-state index is 12.8. The van der Waals surface area contributed by atoms with Crippen molar-refractivity contribution in [3.05, 3.63) is 0 Å². The third-order valence-electron chi connectivity index (χ3n) is 4.77. The van der Waals surface area contributed by atoms with Gasteiger partial charge in [-0.2, -0.15) is 0 Å². The summed E-state index contributed by atoms with van der Waals surface area (Å²) in [5.41, 5.74) is -0.323. The number of hydrogen-bond donors (Lipinski definition) is 1. The van der Waals surface area contributed by atoms with Crippen LogP contribution in [-0.4, -0.2) is 34.5 Å². The molecule has 108 valence electrons. The van der Waals surface area contributed by atoms with Gasteiger partial charge in [0.15, 0.2) is 0 Å². The Morgan fingerprint density at radius 3 is 2.32 bits per heavy atom. The van der Waals surface area contributed by atoms with E-state index >= 15 is 0 Å². The zero-order valence-corrected chi connectivity index (χ0v) is 11.9. The number of hydrogen-bond acceptors (Lipinski definition) is 2. The van der Waals surface area contributed by atoms with Crippen molar-refractivity contribution in [1.82, 2.24) is 4.90 Å². The average Bonchev–Trinajstić information content (AvgIpc) is 2.64. The summed E-state index contributed by atoms with van der Waals surface area (Å²) in [6.07, 6.45) is 8.70. The summed E-state index contributed by atoms with van der Waals surface area (Å²) in [6.45, 7) is 2.64. The van der Waals surface area contributed by atoms with Crippen LogP contribution >= 0.6 is 0 Å². The molecule has 1 amide bonds. The Morgan fingerprint density at radius 1 is 1.05 bits per heavy atom. The fourth-order valence-electron chi connectivity index (χ4n) is 3.50. The Hall–Kier alpha value is -1.06. The molecular formula is C15H25NO3. The third-order valence-corrected chi connectivity index (χ3v) is 4.77. The minimum atomic E-state index is -0.838. The van der Waals surface area contributed by atoms with Crippen LogP contribution in [0.25, 0.3) is 0 Å².